The van der Waals surface area contributed by atoms with E-state index in [1.54, 1.807) is 19.2 Å². The van der Waals surface area contributed by atoms with Crippen molar-refractivity contribution in [2.75, 3.05) is 50.2 Å². The highest BCUT2D eigenvalue weighted by atomic mass is 35.5. The highest BCUT2D eigenvalue weighted by molar-refractivity contribution is 7.91. The Labute approximate surface area is 171 Å². The SMILES string of the molecule is COc1cc(Cl)cc(C(C)c2cc(N3CCNCC3)cc(N)c2S(C)(=O)=O)c1. The number of anilines is 2. The van der Waals surface area contributed by atoms with Gasteiger partial charge in [0.05, 0.1) is 17.7 Å². The zero-order valence-corrected chi connectivity index (χ0v) is 17.9. The van der Waals surface area contributed by atoms with E-state index in [0.717, 1.165) is 37.4 Å². The highest BCUT2D eigenvalue weighted by Crippen LogP contribution is 2.38. The topological polar surface area (TPSA) is 84.7 Å². The molecule has 152 valence electrons. The largest absolute Gasteiger partial charge is 0.497 e. The van der Waals surface area contributed by atoms with Gasteiger partial charge in [-0.15, -0.1) is 0 Å². The summed E-state index contributed by atoms with van der Waals surface area (Å²) >= 11 is 6.24. The van der Waals surface area contributed by atoms with Crippen molar-refractivity contribution >= 4 is 32.8 Å². The lowest BCUT2D eigenvalue weighted by molar-refractivity contribution is 0.414. The zero-order valence-electron chi connectivity index (χ0n) is 16.3. The molecule has 1 heterocycles. The Morgan fingerprint density at radius 3 is 2.46 bits per heavy atom. The zero-order chi connectivity index (χ0) is 20.5. The Balaban J connectivity index is 2.16. The summed E-state index contributed by atoms with van der Waals surface area (Å²) in [7, 11) is -1.94. The molecule has 1 fully saturated rings. The molecule has 0 radical (unpaired) electrons. The van der Waals surface area contributed by atoms with Gasteiger partial charge >= 0.3 is 0 Å². The van der Waals surface area contributed by atoms with Gasteiger partial charge < -0.3 is 20.7 Å². The second kappa shape index (κ2) is 8.19. The highest BCUT2D eigenvalue weighted by Gasteiger charge is 2.25. The molecule has 1 saturated heterocycles. The summed E-state index contributed by atoms with van der Waals surface area (Å²) in [5, 5.41) is 3.85. The fourth-order valence-corrected chi connectivity index (χ4v) is 5.03. The van der Waals surface area contributed by atoms with E-state index >= 15 is 0 Å². The number of piperazine rings is 1. The van der Waals surface area contributed by atoms with Gasteiger partial charge in [-0.1, -0.05) is 18.5 Å². The maximum absolute atomic E-state index is 12.5. The van der Waals surface area contributed by atoms with Crippen molar-refractivity contribution in [1.29, 1.82) is 0 Å². The van der Waals surface area contributed by atoms with Gasteiger partial charge in [-0.05, 0) is 41.5 Å². The van der Waals surface area contributed by atoms with Gasteiger partial charge in [0.25, 0.3) is 0 Å². The standard InChI is InChI=1S/C20H26ClN3O3S/c1-13(14-8-15(21)10-17(9-14)27-2)18-11-16(24-6-4-23-5-7-24)12-19(22)20(18)28(3,25)26/h8-13,23H,4-7,22H2,1-3H3. The number of nitrogens with one attached hydrogen (secondary N) is 1. The molecular weight excluding hydrogens is 398 g/mol. The summed E-state index contributed by atoms with van der Waals surface area (Å²) in [6.07, 6.45) is 1.19. The average Bonchev–Trinajstić information content (AvgIpc) is 2.65. The number of sulfone groups is 1. The lowest BCUT2D eigenvalue weighted by Crippen LogP contribution is -2.43. The maximum atomic E-state index is 12.5. The van der Waals surface area contributed by atoms with Crippen LogP contribution >= 0.6 is 11.6 Å². The second-order valence-electron chi connectivity index (χ2n) is 7.11. The molecule has 1 aliphatic rings. The first-order chi connectivity index (χ1) is 13.2. The Kier molecular flexibility index (Phi) is 6.07. The third kappa shape index (κ3) is 4.37. The monoisotopic (exact) mass is 423 g/mol. The van der Waals surface area contributed by atoms with Crippen LogP contribution in [0.1, 0.15) is 24.0 Å². The summed E-state index contributed by atoms with van der Waals surface area (Å²) in [5.74, 6) is 0.393. The molecule has 6 nitrogen and oxygen atoms in total. The van der Waals surface area contributed by atoms with E-state index in [4.69, 9.17) is 22.1 Å². The van der Waals surface area contributed by atoms with E-state index in [1.807, 2.05) is 25.1 Å². The molecule has 28 heavy (non-hydrogen) atoms. The Hall–Kier alpha value is -1.96. The number of nitrogen functional groups attached to an aromatic ring is 1. The number of nitrogens with zero attached hydrogens (tertiary/aromatic N) is 1. The minimum atomic E-state index is -3.51. The van der Waals surface area contributed by atoms with Gasteiger partial charge in [-0.25, -0.2) is 8.42 Å². The summed E-state index contributed by atoms with van der Waals surface area (Å²) in [5.41, 5.74) is 8.98. The van der Waals surface area contributed by atoms with Crippen molar-refractivity contribution in [3.05, 3.63) is 46.5 Å². The molecular formula is C20H26ClN3O3S. The fourth-order valence-electron chi connectivity index (χ4n) is 3.65. The number of ether oxygens (including phenoxy) is 1. The van der Waals surface area contributed by atoms with Crippen LogP contribution < -0.4 is 20.7 Å². The van der Waals surface area contributed by atoms with Crippen LogP contribution in [0.2, 0.25) is 5.02 Å². The molecule has 0 spiro atoms. The molecule has 3 N–H and O–H groups in total. The van der Waals surface area contributed by atoms with E-state index in [1.165, 1.54) is 6.26 Å². The molecule has 2 aromatic carbocycles. The van der Waals surface area contributed by atoms with Gasteiger partial charge in [0.15, 0.2) is 9.84 Å². The molecule has 8 heteroatoms. The van der Waals surface area contributed by atoms with Crippen molar-refractivity contribution in [2.45, 2.75) is 17.7 Å². The number of halogens is 1. The van der Waals surface area contributed by atoms with E-state index in [9.17, 15) is 8.42 Å². The molecule has 1 aliphatic heterocycles. The smallest absolute Gasteiger partial charge is 0.177 e. The van der Waals surface area contributed by atoms with Gasteiger partial charge in [-0.2, -0.15) is 0 Å². The maximum Gasteiger partial charge on any atom is 0.177 e. The van der Waals surface area contributed by atoms with E-state index < -0.39 is 9.84 Å². The quantitative estimate of drug-likeness (QED) is 0.719. The minimum Gasteiger partial charge on any atom is -0.497 e. The first kappa shape index (κ1) is 20.8. The predicted molar refractivity (Wildman–Crippen MR) is 115 cm³/mol. The molecule has 0 bridgehead atoms. The number of methoxy groups -OCH3 is 1. The summed E-state index contributed by atoms with van der Waals surface area (Å²) in [6, 6.07) is 9.12. The average molecular weight is 424 g/mol. The number of hydrogen-bond donors (Lipinski definition) is 2. The van der Waals surface area contributed by atoms with Crippen LogP contribution in [0.3, 0.4) is 0 Å². The lowest BCUT2D eigenvalue weighted by Gasteiger charge is -2.31. The van der Waals surface area contributed by atoms with Crippen LogP contribution in [0.15, 0.2) is 35.2 Å². The third-order valence-corrected chi connectivity index (χ3v) is 6.51. The molecule has 3 rings (SSSR count). The van der Waals surface area contributed by atoms with Crippen molar-refractivity contribution in [3.8, 4) is 5.75 Å². The van der Waals surface area contributed by atoms with Crippen LogP contribution in [0.4, 0.5) is 11.4 Å². The van der Waals surface area contributed by atoms with Gasteiger partial charge in [-0.3, -0.25) is 0 Å². The van der Waals surface area contributed by atoms with E-state index in [0.29, 0.717) is 16.3 Å². The van der Waals surface area contributed by atoms with Crippen molar-refractivity contribution in [3.63, 3.8) is 0 Å². The van der Waals surface area contributed by atoms with Crippen LogP contribution in [-0.2, 0) is 9.84 Å². The fraction of sp³-hybridized carbons (Fsp3) is 0.400. The first-order valence-electron chi connectivity index (χ1n) is 9.14. The minimum absolute atomic E-state index is 0.179. The van der Waals surface area contributed by atoms with Crippen molar-refractivity contribution in [1.82, 2.24) is 5.32 Å². The first-order valence-corrected chi connectivity index (χ1v) is 11.4. The van der Waals surface area contributed by atoms with Gasteiger partial charge in [0.1, 0.15) is 5.75 Å². The molecule has 1 unspecified atom stereocenters. The van der Waals surface area contributed by atoms with Crippen molar-refractivity contribution < 1.29 is 13.2 Å². The number of rotatable bonds is 5. The molecule has 2 aromatic rings. The molecule has 1 atom stereocenters. The Bertz CT molecular complexity index is 973. The van der Waals surface area contributed by atoms with Crippen LogP contribution in [0.5, 0.6) is 5.75 Å². The number of benzene rings is 2. The number of hydrogen-bond acceptors (Lipinski definition) is 6. The molecule has 0 saturated carbocycles. The third-order valence-electron chi connectivity index (χ3n) is 5.08. The van der Waals surface area contributed by atoms with Gasteiger partial charge in [0.2, 0.25) is 0 Å². The van der Waals surface area contributed by atoms with Crippen LogP contribution in [-0.4, -0.2) is 48.0 Å². The van der Waals surface area contributed by atoms with E-state index in [2.05, 4.69) is 10.2 Å². The Morgan fingerprint density at radius 1 is 1.18 bits per heavy atom. The van der Waals surface area contributed by atoms with Crippen LogP contribution in [0.25, 0.3) is 0 Å². The molecule has 0 aliphatic carbocycles. The Morgan fingerprint density at radius 2 is 1.86 bits per heavy atom. The van der Waals surface area contributed by atoms with Gasteiger partial charge in [0, 0.05) is 49.1 Å². The molecule has 0 amide bonds. The van der Waals surface area contributed by atoms with E-state index in [-0.39, 0.29) is 16.5 Å². The summed E-state index contributed by atoms with van der Waals surface area (Å²) < 4.78 is 30.4. The lowest BCUT2D eigenvalue weighted by atomic mass is 9.92. The van der Waals surface area contributed by atoms with Crippen molar-refractivity contribution in [2.24, 2.45) is 0 Å². The predicted octanol–water partition coefficient (Wildman–Crippen LogP) is 2.90. The second-order valence-corrected chi connectivity index (χ2v) is 9.50. The molecule has 0 aromatic heterocycles. The van der Waals surface area contributed by atoms with Crippen LogP contribution in [0, 0.1) is 0 Å². The summed E-state index contributed by atoms with van der Waals surface area (Å²) in [4.78, 5) is 2.39. The normalized spacial score (nSPS) is 16.1. The summed E-state index contributed by atoms with van der Waals surface area (Å²) in [6.45, 7) is 5.40. The number of nitrogens with two attached hydrogens (primary N) is 1.